The smallest absolute Gasteiger partial charge is 0.0789 e. The molecule has 0 radical (unpaired) electrons. The number of quaternary nitrogens is 1. The van der Waals surface area contributed by atoms with Crippen LogP contribution in [0.1, 0.15) is 39.5 Å². The van der Waals surface area contributed by atoms with E-state index in [1.165, 1.54) is 56.3 Å². The Balaban J connectivity index is 1.90. The lowest BCUT2D eigenvalue weighted by Gasteiger charge is -2.46. The molecular weight excluding hydrogens is 158 g/mol. The van der Waals surface area contributed by atoms with Crippen LogP contribution in [0.3, 0.4) is 0 Å². The van der Waals surface area contributed by atoms with E-state index in [0.29, 0.717) is 0 Å². The zero-order valence-corrected chi connectivity index (χ0v) is 9.26. The predicted octanol–water partition coefficient (Wildman–Crippen LogP) is 2.66. The largest absolute Gasteiger partial charge is 0.324 e. The summed E-state index contributed by atoms with van der Waals surface area (Å²) in [7, 11) is 0. The van der Waals surface area contributed by atoms with Gasteiger partial charge < -0.3 is 4.48 Å². The molecular formula is C12H24N+. The van der Waals surface area contributed by atoms with Gasteiger partial charge in [0.05, 0.1) is 26.2 Å². The summed E-state index contributed by atoms with van der Waals surface area (Å²) in [6.45, 7) is 10.8. The highest BCUT2D eigenvalue weighted by atomic mass is 15.4. The van der Waals surface area contributed by atoms with Gasteiger partial charge in [-0.2, -0.15) is 0 Å². The molecule has 2 fully saturated rings. The molecule has 2 rings (SSSR count). The lowest BCUT2D eigenvalue weighted by atomic mass is 9.90. The van der Waals surface area contributed by atoms with Crippen molar-refractivity contribution in [1.82, 2.24) is 0 Å². The van der Waals surface area contributed by atoms with Crippen LogP contribution in [0.5, 0.6) is 0 Å². The zero-order chi connectivity index (χ0) is 9.31. The summed E-state index contributed by atoms with van der Waals surface area (Å²) in [6.07, 6.45) is 5.92. The molecule has 0 amide bonds. The van der Waals surface area contributed by atoms with E-state index in [1.54, 1.807) is 0 Å². The van der Waals surface area contributed by atoms with Crippen LogP contribution in [0, 0.1) is 11.8 Å². The van der Waals surface area contributed by atoms with Crippen LogP contribution >= 0.6 is 0 Å². The molecule has 0 aromatic heterocycles. The second-order valence-electron chi connectivity index (χ2n) is 5.60. The minimum Gasteiger partial charge on any atom is -0.324 e. The Bertz CT molecular complexity index is 136. The van der Waals surface area contributed by atoms with Crippen LogP contribution in [0.2, 0.25) is 0 Å². The summed E-state index contributed by atoms with van der Waals surface area (Å²) in [6, 6.07) is 0. The molecule has 0 aromatic rings. The molecule has 0 atom stereocenters. The van der Waals surface area contributed by atoms with Gasteiger partial charge in [0.15, 0.2) is 0 Å². The fourth-order valence-corrected chi connectivity index (χ4v) is 2.94. The number of rotatable bonds is 0. The Kier molecular flexibility index (Phi) is 2.64. The first-order chi connectivity index (χ1) is 6.20. The van der Waals surface area contributed by atoms with E-state index in [4.69, 9.17) is 0 Å². The number of piperidine rings is 2. The highest BCUT2D eigenvalue weighted by molar-refractivity contribution is 4.66. The SMILES string of the molecule is CC1CC[N+]2(CC1)CCC(C)CC2. The maximum Gasteiger partial charge on any atom is 0.0789 e. The molecule has 0 bridgehead atoms. The normalized spacial score (nSPS) is 46.6. The van der Waals surface area contributed by atoms with Gasteiger partial charge in [0, 0.05) is 0 Å². The molecule has 2 heterocycles. The van der Waals surface area contributed by atoms with Crippen molar-refractivity contribution in [2.24, 2.45) is 11.8 Å². The van der Waals surface area contributed by atoms with Crippen LogP contribution < -0.4 is 0 Å². The molecule has 2 aliphatic heterocycles. The van der Waals surface area contributed by atoms with Gasteiger partial charge in [-0.15, -0.1) is 0 Å². The number of hydrogen-bond donors (Lipinski definition) is 0. The van der Waals surface area contributed by atoms with Crippen molar-refractivity contribution in [3.8, 4) is 0 Å². The van der Waals surface area contributed by atoms with E-state index in [2.05, 4.69) is 13.8 Å². The van der Waals surface area contributed by atoms with Crippen molar-refractivity contribution in [2.45, 2.75) is 39.5 Å². The van der Waals surface area contributed by atoms with Crippen molar-refractivity contribution in [3.63, 3.8) is 0 Å². The minimum atomic E-state index is 1.00. The van der Waals surface area contributed by atoms with Gasteiger partial charge in [-0.1, -0.05) is 13.8 Å². The second-order valence-corrected chi connectivity index (χ2v) is 5.60. The van der Waals surface area contributed by atoms with Gasteiger partial charge in [-0.3, -0.25) is 0 Å². The molecule has 0 unspecified atom stereocenters. The molecule has 1 spiro atoms. The summed E-state index contributed by atoms with van der Waals surface area (Å²) >= 11 is 0. The lowest BCUT2D eigenvalue weighted by molar-refractivity contribution is -0.938. The second kappa shape index (κ2) is 3.61. The Hall–Kier alpha value is -0.0400. The zero-order valence-electron chi connectivity index (χ0n) is 9.26. The van der Waals surface area contributed by atoms with Gasteiger partial charge in [0.2, 0.25) is 0 Å². The quantitative estimate of drug-likeness (QED) is 0.505. The Morgan fingerprint density at radius 3 is 1.31 bits per heavy atom. The van der Waals surface area contributed by atoms with Gasteiger partial charge in [-0.25, -0.2) is 0 Å². The van der Waals surface area contributed by atoms with Crippen molar-refractivity contribution in [3.05, 3.63) is 0 Å². The van der Waals surface area contributed by atoms with E-state index >= 15 is 0 Å². The summed E-state index contributed by atoms with van der Waals surface area (Å²) in [5.41, 5.74) is 0. The molecule has 0 aromatic carbocycles. The van der Waals surface area contributed by atoms with Crippen LogP contribution in [-0.2, 0) is 0 Å². The summed E-state index contributed by atoms with van der Waals surface area (Å²) in [5.74, 6) is 2.01. The van der Waals surface area contributed by atoms with Crippen LogP contribution in [0.4, 0.5) is 0 Å². The number of nitrogens with zero attached hydrogens (tertiary/aromatic N) is 1. The molecule has 1 heteroatoms. The molecule has 76 valence electrons. The maximum atomic E-state index is 2.42. The monoisotopic (exact) mass is 182 g/mol. The highest BCUT2D eigenvalue weighted by Gasteiger charge is 2.35. The predicted molar refractivity (Wildman–Crippen MR) is 56.5 cm³/mol. The fourth-order valence-electron chi connectivity index (χ4n) is 2.94. The third-order valence-corrected chi connectivity index (χ3v) is 4.38. The summed E-state index contributed by atoms with van der Waals surface area (Å²) < 4.78 is 1.48. The third-order valence-electron chi connectivity index (χ3n) is 4.38. The Labute approximate surface area is 82.7 Å². The van der Waals surface area contributed by atoms with Crippen LogP contribution in [-0.4, -0.2) is 30.7 Å². The number of hydrogen-bond acceptors (Lipinski definition) is 0. The molecule has 0 N–H and O–H groups in total. The maximum absolute atomic E-state index is 2.42. The van der Waals surface area contributed by atoms with Crippen molar-refractivity contribution >= 4 is 0 Å². The minimum absolute atomic E-state index is 1.00. The Morgan fingerprint density at radius 2 is 1.00 bits per heavy atom. The summed E-state index contributed by atoms with van der Waals surface area (Å²) in [5, 5.41) is 0. The van der Waals surface area contributed by atoms with Crippen molar-refractivity contribution < 1.29 is 4.48 Å². The van der Waals surface area contributed by atoms with E-state index in [0.717, 1.165) is 11.8 Å². The first-order valence-corrected chi connectivity index (χ1v) is 6.05. The van der Waals surface area contributed by atoms with Crippen LogP contribution in [0.15, 0.2) is 0 Å². The molecule has 1 nitrogen and oxygen atoms in total. The highest BCUT2D eigenvalue weighted by Crippen LogP contribution is 2.29. The standard InChI is InChI=1S/C12H24N/c1-11-3-7-13(8-4-11)9-5-12(2)6-10-13/h11-12H,3-10H2,1-2H3/q+1. The summed E-state index contributed by atoms with van der Waals surface area (Å²) in [4.78, 5) is 0. The molecule has 2 aliphatic rings. The van der Waals surface area contributed by atoms with Gasteiger partial charge in [0.1, 0.15) is 0 Å². The topological polar surface area (TPSA) is 0 Å². The first-order valence-electron chi connectivity index (χ1n) is 6.05. The van der Waals surface area contributed by atoms with Gasteiger partial charge in [-0.05, 0) is 37.5 Å². The molecule has 0 aliphatic carbocycles. The van der Waals surface area contributed by atoms with Gasteiger partial charge in [0.25, 0.3) is 0 Å². The van der Waals surface area contributed by atoms with Gasteiger partial charge >= 0.3 is 0 Å². The Morgan fingerprint density at radius 1 is 0.692 bits per heavy atom. The van der Waals surface area contributed by atoms with Crippen molar-refractivity contribution in [2.75, 3.05) is 26.2 Å². The fraction of sp³-hybridized carbons (Fsp3) is 1.00. The lowest BCUT2D eigenvalue weighted by Crippen LogP contribution is -2.56. The molecule has 13 heavy (non-hydrogen) atoms. The van der Waals surface area contributed by atoms with Crippen molar-refractivity contribution in [1.29, 1.82) is 0 Å². The average molecular weight is 182 g/mol. The van der Waals surface area contributed by atoms with E-state index in [1.807, 2.05) is 0 Å². The van der Waals surface area contributed by atoms with Crippen LogP contribution in [0.25, 0.3) is 0 Å². The van der Waals surface area contributed by atoms with E-state index in [-0.39, 0.29) is 0 Å². The third kappa shape index (κ3) is 2.07. The average Bonchev–Trinajstić information content (AvgIpc) is 2.16. The van der Waals surface area contributed by atoms with E-state index < -0.39 is 0 Å². The first kappa shape index (κ1) is 9.51. The van der Waals surface area contributed by atoms with E-state index in [9.17, 15) is 0 Å². The molecule has 0 saturated carbocycles. The molecule has 2 saturated heterocycles.